The van der Waals surface area contributed by atoms with Gasteiger partial charge in [-0.2, -0.15) is 0 Å². The highest BCUT2D eigenvalue weighted by Gasteiger charge is 2.51. The number of carbonyl (C=O) groups excluding carboxylic acids is 1. The highest BCUT2D eigenvalue weighted by Crippen LogP contribution is 2.52. The first-order valence-electron chi connectivity index (χ1n) is 10.7. The maximum Gasteiger partial charge on any atom is 0.305 e. The summed E-state index contributed by atoms with van der Waals surface area (Å²) in [7, 11) is -0.455. The van der Waals surface area contributed by atoms with Crippen LogP contribution in [0.15, 0.2) is 18.2 Å². The number of aliphatic hydroxyl groups excluding tert-OH is 1. The van der Waals surface area contributed by atoms with Gasteiger partial charge in [0.2, 0.25) is 0 Å². The number of hydrogen-bond donors (Lipinski definition) is 1. The zero-order chi connectivity index (χ0) is 21.4. The zero-order valence-electron chi connectivity index (χ0n) is 18.7. The van der Waals surface area contributed by atoms with E-state index in [4.69, 9.17) is 13.9 Å². The lowest BCUT2D eigenvalue weighted by atomic mass is 9.87. The molecule has 1 saturated carbocycles. The molecule has 29 heavy (non-hydrogen) atoms. The topological polar surface area (TPSA) is 65.0 Å². The number of hydrogen-bond acceptors (Lipinski definition) is 5. The van der Waals surface area contributed by atoms with Crippen LogP contribution in [-0.2, 0) is 20.4 Å². The van der Waals surface area contributed by atoms with E-state index in [0.717, 1.165) is 24.2 Å². The monoisotopic (exact) mass is 420 g/mol. The minimum Gasteiger partial charge on any atom is -0.489 e. The summed E-state index contributed by atoms with van der Waals surface area (Å²) in [5.74, 6) is 1.00. The van der Waals surface area contributed by atoms with Crippen molar-refractivity contribution in [3.05, 3.63) is 29.3 Å². The zero-order valence-corrected chi connectivity index (χ0v) is 19.7. The Kier molecular flexibility index (Phi) is 6.46. The number of fused-ring (bicyclic) bond motifs is 3. The van der Waals surface area contributed by atoms with Gasteiger partial charge in [0.05, 0.1) is 13.2 Å². The number of aliphatic hydroxyl groups is 1. The van der Waals surface area contributed by atoms with E-state index in [-0.39, 0.29) is 28.9 Å². The predicted molar refractivity (Wildman–Crippen MR) is 116 cm³/mol. The Morgan fingerprint density at radius 1 is 1.31 bits per heavy atom. The minimum absolute atomic E-state index is 0.00905. The van der Waals surface area contributed by atoms with Crippen LogP contribution in [0.3, 0.4) is 0 Å². The molecule has 1 aromatic carbocycles. The lowest BCUT2D eigenvalue weighted by molar-refractivity contribution is -0.140. The Bertz CT molecular complexity index is 739. The third-order valence-electron chi connectivity index (χ3n) is 7.08. The van der Waals surface area contributed by atoms with Gasteiger partial charge in [-0.25, -0.2) is 0 Å². The van der Waals surface area contributed by atoms with Gasteiger partial charge < -0.3 is 19.0 Å². The fourth-order valence-corrected chi connectivity index (χ4v) is 5.29. The van der Waals surface area contributed by atoms with E-state index in [9.17, 15) is 9.90 Å². The van der Waals surface area contributed by atoms with E-state index in [0.29, 0.717) is 19.4 Å². The van der Waals surface area contributed by atoms with Crippen LogP contribution in [0.5, 0.6) is 5.75 Å². The Balaban J connectivity index is 1.74. The maximum absolute atomic E-state index is 11.4. The number of carbonyl (C=O) groups is 1. The van der Waals surface area contributed by atoms with Crippen molar-refractivity contribution in [2.24, 2.45) is 5.92 Å². The average Bonchev–Trinajstić information content (AvgIpc) is 3.14. The molecule has 0 aromatic heterocycles. The Morgan fingerprint density at radius 2 is 2.03 bits per heavy atom. The van der Waals surface area contributed by atoms with Gasteiger partial charge in [-0.05, 0) is 36.5 Å². The van der Waals surface area contributed by atoms with Gasteiger partial charge in [0.1, 0.15) is 11.9 Å². The molecule has 1 aromatic rings. The van der Waals surface area contributed by atoms with Gasteiger partial charge in [0.15, 0.2) is 8.32 Å². The van der Waals surface area contributed by atoms with Gasteiger partial charge >= 0.3 is 5.97 Å². The molecule has 2 unspecified atom stereocenters. The van der Waals surface area contributed by atoms with Crippen molar-refractivity contribution >= 4 is 14.3 Å². The molecule has 1 heterocycles. The van der Waals surface area contributed by atoms with E-state index in [1.165, 1.54) is 12.7 Å². The van der Waals surface area contributed by atoms with Crippen LogP contribution in [0.25, 0.3) is 0 Å². The second-order valence-electron chi connectivity index (χ2n) is 9.99. The van der Waals surface area contributed by atoms with Crippen molar-refractivity contribution in [3.63, 3.8) is 0 Å². The second-order valence-corrected chi connectivity index (χ2v) is 14.8. The molecule has 162 valence electrons. The number of aryl methyl sites for hydroxylation is 1. The van der Waals surface area contributed by atoms with Crippen LogP contribution >= 0.6 is 0 Å². The Hall–Kier alpha value is -1.37. The van der Waals surface area contributed by atoms with E-state index in [2.05, 4.69) is 52.1 Å². The third kappa shape index (κ3) is 4.54. The molecule has 1 fully saturated rings. The standard InChI is InChI=1S/C23H36O5Si/c1-23(2,3)29(5,6)27-14-17-18(24)13-19-21(17)16-11-7-9-15(22(16)28-19)10-8-12-20(25)26-4/h7,9,11,17-19,21,24H,8,10,12-14H2,1-6H3/t17?,18?,19-,21+/m1/s1. The second kappa shape index (κ2) is 8.40. The van der Waals surface area contributed by atoms with Gasteiger partial charge in [-0.3, -0.25) is 4.79 Å². The number of benzene rings is 1. The smallest absolute Gasteiger partial charge is 0.305 e. The van der Waals surface area contributed by atoms with Gasteiger partial charge in [-0.15, -0.1) is 0 Å². The van der Waals surface area contributed by atoms with Crippen molar-refractivity contribution in [2.45, 2.75) is 82.7 Å². The third-order valence-corrected chi connectivity index (χ3v) is 11.6. The molecule has 1 aliphatic heterocycles. The number of esters is 1. The Labute approximate surface area is 175 Å². The SMILES string of the molecule is COC(=O)CCCc1cccc2c1O[C@@H]1CC(O)C(CO[Si](C)(C)C(C)(C)C)[C@H]21. The number of ether oxygens (including phenoxy) is 2. The van der Waals surface area contributed by atoms with E-state index >= 15 is 0 Å². The normalized spacial score (nSPS) is 26.0. The number of rotatable bonds is 7. The van der Waals surface area contributed by atoms with Gasteiger partial charge in [0.25, 0.3) is 0 Å². The molecule has 2 aliphatic rings. The minimum atomic E-state index is -1.88. The van der Waals surface area contributed by atoms with Crippen molar-refractivity contribution in [2.75, 3.05) is 13.7 Å². The summed E-state index contributed by atoms with van der Waals surface area (Å²) in [6, 6.07) is 6.27. The molecule has 0 amide bonds. The molecular weight excluding hydrogens is 384 g/mol. The fraction of sp³-hybridized carbons (Fsp3) is 0.696. The van der Waals surface area contributed by atoms with Crippen molar-refractivity contribution in [1.29, 1.82) is 0 Å². The summed E-state index contributed by atoms with van der Waals surface area (Å²) in [5.41, 5.74) is 2.32. The maximum atomic E-state index is 11.4. The molecule has 1 aliphatic carbocycles. The van der Waals surface area contributed by atoms with Crippen molar-refractivity contribution in [3.8, 4) is 5.75 Å². The average molecular weight is 421 g/mol. The molecule has 0 radical (unpaired) electrons. The molecular formula is C23H36O5Si. The summed E-state index contributed by atoms with van der Waals surface area (Å²) >= 11 is 0. The van der Waals surface area contributed by atoms with Crippen LogP contribution in [0.4, 0.5) is 0 Å². The van der Waals surface area contributed by atoms with E-state index < -0.39 is 14.4 Å². The highest BCUT2D eigenvalue weighted by molar-refractivity contribution is 6.74. The summed E-state index contributed by atoms with van der Waals surface area (Å²) in [6.45, 7) is 11.8. The van der Waals surface area contributed by atoms with Gasteiger partial charge in [-0.1, -0.05) is 39.0 Å². The molecule has 3 rings (SSSR count). The highest BCUT2D eigenvalue weighted by atomic mass is 28.4. The largest absolute Gasteiger partial charge is 0.489 e. The molecule has 0 saturated heterocycles. The van der Waals surface area contributed by atoms with Crippen LogP contribution in [0.2, 0.25) is 18.1 Å². The molecule has 0 spiro atoms. The molecule has 1 N–H and O–H groups in total. The first-order chi connectivity index (χ1) is 13.5. The van der Waals surface area contributed by atoms with Crippen LogP contribution in [0, 0.1) is 5.92 Å². The van der Waals surface area contributed by atoms with E-state index in [1.807, 2.05) is 0 Å². The predicted octanol–water partition coefficient (Wildman–Crippen LogP) is 4.43. The first kappa shape index (κ1) is 22.3. The summed E-state index contributed by atoms with van der Waals surface area (Å²) in [4.78, 5) is 11.4. The lowest BCUT2D eigenvalue weighted by Crippen LogP contribution is -2.43. The quantitative estimate of drug-likeness (QED) is 0.522. The Morgan fingerprint density at radius 3 is 2.69 bits per heavy atom. The van der Waals surface area contributed by atoms with Gasteiger partial charge in [0, 0.05) is 36.8 Å². The van der Waals surface area contributed by atoms with E-state index in [1.54, 1.807) is 0 Å². The first-order valence-corrected chi connectivity index (χ1v) is 13.6. The summed E-state index contributed by atoms with van der Waals surface area (Å²) in [5, 5.41) is 10.9. The van der Waals surface area contributed by atoms with Crippen LogP contribution in [-0.4, -0.2) is 45.3 Å². The van der Waals surface area contributed by atoms with Crippen LogP contribution < -0.4 is 4.74 Å². The molecule has 0 bridgehead atoms. The lowest BCUT2D eigenvalue weighted by Gasteiger charge is -2.37. The van der Waals surface area contributed by atoms with Crippen LogP contribution in [0.1, 0.15) is 57.1 Å². The number of methoxy groups -OCH3 is 1. The van der Waals surface area contributed by atoms with Crippen molar-refractivity contribution < 1.29 is 23.8 Å². The number of para-hydroxylation sites is 1. The molecule has 5 nitrogen and oxygen atoms in total. The molecule has 4 atom stereocenters. The summed E-state index contributed by atoms with van der Waals surface area (Å²) < 4.78 is 17.5. The molecule has 6 heteroatoms. The summed E-state index contributed by atoms with van der Waals surface area (Å²) in [6.07, 6.45) is 2.19. The fourth-order valence-electron chi connectivity index (χ4n) is 4.25. The van der Waals surface area contributed by atoms with Crippen molar-refractivity contribution in [1.82, 2.24) is 0 Å².